The number of hydrogen-bond donors (Lipinski definition) is 0. The predicted octanol–water partition coefficient (Wildman–Crippen LogP) is 1.89. The van der Waals surface area contributed by atoms with Gasteiger partial charge in [0, 0.05) is 44.8 Å². The second-order valence-corrected chi connectivity index (χ2v) is 10.0. The van der Waals surface area contributed by atoms with Gasteiger partial charge in [-0.3, -0.25) is 18.7 Å². The Labute approximate surface area is 203 Å². The Morgan fingerprint density at radius 1 is 1.09 bits per heavy atom. The van der Waals surface area contributed by atoms with Crippen molar-refractivity contribution in [2.24, 2.45) is 13.0 Å². The van der Waals surface area contributed by atoms with E-state index in [9.17, 15) is 14.4 Å². The Morgan fingerprint density at radius 3 is 2.54 bits per heavy atom. The molecule has 2 aliphatic heterocycles. The molecule has 3 aromatic rings. The first kappa shape index (κ1) is 23.3. The molecule has 5 rings (SSSR count). The predicted molar refractivity (Wildman–Crippen MR) is 136 cm³/mol. The van der Waals surface area contributed by atoms with Crippen molar-refractivity contribution in [3.05, 3.63) is 68.4 Å². The Hall–Kier alpha value is -3.46. The fraction of sp³-hybridized carbons (Fsp3) is 0.462. The molecule has 2 aromatic heterocycles. The smallest absolute Gasteiger partial charge is 0.332 e. The molecule has 0 aliphatic carbocycles. The van der Waals surface area contributed by atoms with Gasteiger partial charge in [0.1, 0.15) is 0 Å². The lowest BCUT2D eigenvalue weighted by Gasteiger charge is -2.25. The van der Waals surface area contributed by atoms with Crippen LogP contribution in [-0.4, -0.2) is 62.1 Å². The van der Waals surface area contributed by atoms with Gasteiger partial charge in [-0.05, 0) is 33.2 Å². The first-order valence-corrected chi connectivity index (χ1v) is 12.1. The average Bonchev–Trinajstić information content (AvgIpc) is 3.51. The second-order valence-electron chi connectivity index (χ2n) is 10.0. The monoisotopic (exact) mass is 476 g/mol. The van der Waals surface area contributed by atoms with E-state index >= 15 is 0 Å². The standard InChI is InChI=1S/C26H32N6O3/c1-17(2)10-12-31-22-23(27-25(31)30-13-11-19-14-28(3)15-20(19)30)29(4)26(35)32(24(22)34)16-21(33)18-8-6-5-7-9-18/h5-10,19-20H,11-16H2,1-4H3/t19-,20+/m1/s1. The lowest BCUT2D eigenvalue weighted by atomic mass is 10.1. The van der Waals surface area contributed by atoms with E-state index in [-0.39, 0.29) is 12.3 Å². The summed E-state index contributed by atoms with van der Waals surface area (Å²) in [6.07, 6.45) is 3.14. The number of fused-ring (bicyclic) bond motifs is 2. The van der Waals surface area contributed by atoms with Gasteiger partial charge < -0.3 is 14.4 Å². The number of aryl methyl sites for hydroxylation is 1. The Morgan fingerprint density at radius 2 is 1.83 bits per heavy atom. The Kier molecular flexibility index (Phi) is 5.96. The summed E-state index contributed by atoms with van der Waals surface area (Å²) in [5.41, 5.74) is 1.29. The van der Waals surface area contributed by atoms with Crippen molar-refractivity contribution in [3.63, 3.8) is 0 Å². The summed E-state index contributed by atoms with van der Waals surface area (Å²) < 4.78 is 4.36. The minimum atomic E-state index is -0.537. The normalized spacial score (nSPS) is 19.9. The van der Waals surface area contributed by atoms with Gasteiger partial charge in [-0.2, -0.15) is 4.98 Å². The highest BCUT2D eigenvalue weighted by atomic mass is 16.2. The van der Waals surface area contributed by atoms with Crippen molar-refractivity contribution in [2.75, 3.05) is 31.6 Å². The van der Waals surface area contributed by atoms with E-state index < -0.39 is 11.2 Å². The van der Waals surface area contributed by atoms with Crippen LogP contribution in [0.5, 0.6) is 0 Å². The molecule has 0 unspecified atom stereocenters. The van der Waals surface area contributed by atoms with E-state index in [1.54, 1.807) is 31.3 Å². The number of rotatable bonds is 6. The van der Waals surface area contributed by atoms with Crippen LogP contribution < -0.4 is 16.1 Å². The highest BCUT2D eigenvalue weighted by Gasteiger charge is 2.42. The molecule has 1 aromatic carbocycles. The van der Waals surface area contributed by atoms with Crippen LogP contribution in [0.4, 0.5) is 5.95 Å². The number of allylic oxidation sites excluding steroid dienone is 2. The van der Waals surface area contributed by atoms with E-state index in [1.165, 1.54) is 4.57 Å². The highest BCUT2D eigenvalue weighted by molar-refractivity contribution is 5.95. The summed E-state index contributed by atoms with van der Waals surface area (Å²) >= 11 is 0. The lowest BCUT2D eigenvalue weighted by molar-refractivity contribution is 0.0969. The number of carbonyl (C=O) groups is 1. The van der Waals surface area contributed by atoms with Gasteiger partial charge >= 0.3 is 5.69 Å². The highest BCUT2D eigenvalue weighted by Crippen LogP contribution is 2.35. The molecule has 0 amide bonds. The second kappa shape index (κ2) is 8.96. The quantitative estimate of drug-likeness (QED) is 0.399. The van der Waals surface area contributed by atoms with Crippen molar-refractivity contribution >= 4 is 22.9 Å². The van der Waals surface area contributed by atoms with Gasteiger partial charge in [0.25, 0.3) is 5.56 Å². The molecule has 0 spiro atoms. The number of likely N-dealkylation sites (N-methyl/N-ethyl adjacent to an activating group) is 1. The summed E-state index contributed by atoms with van der Waals surface area (Å²) in [5.74, 6) is 1.01. The van der Waals surface area contributed by atoms with Crippen LogP contribution in [0.3, 0.4) is 0 Å². The summed E-state index contributed by atoms with van der Waals surface area (Å²) in [4.78, 5) is 49.3. The van der Waals surface area contributed by atoms with Crippen molar-refractivity contribution in [3.8, 4) is 0 Å². The number of anilines is 1. The zero-order valence-corrected chi connectivity index (χ0v) is 20.8. The first-order valence-electron chi connectivity index (χ1n) is 12.1. The molecule has 9 nitrogen and oxygen atoms in total. The molecule has 2 aliphatic rings. The van der Waals surface area contributed by atoms with Crippen molar-refractivity contribution in [1.29, 1.82) is 0 Å². The van der Waals surface area contributed by atoms with Crippen molar-refractivity contribution in [1.82, 2.24) is 23.6 Å². The van der Waals surface area contributed by atoms with Gasteiger partial charge in [-0.25, -0.2) is 4.79 Å². The largest absolute Gasteiger partial charge is 0.338 e. The molecule has 0 N–H and O–H groups in total. The number of likely N-dealkylation sites (tertiary alicyclic amines) is 1. The number of Topliss-reactive ketones (excluding diaryl/α,β-unsaturated/α-hetero) is 1. The maximum absolute atomic E-state index is 13.7. The van der Waals surface area contributed by atoms with Gasteiger partial charge in [0.2, 0.25) is 5.95 Å². The van der Waals surface area contributed by atoms with Crippen LogP contribution in [0.1, 0.15) is 30.6 Å². The molecule has 0 saturated carbocycles. The number of ketones is 1. The van der Waals surface area contributed by atoms with Gasteiger partial charge in [-0.15, -0.1) is 0 Å². The third-order valence-corrected chi connectivity index (χ3v) is 7.28. The summed E-state index contributed by atoms with van der Waals surface area (Å²) in [6.45, 7) is 7.07. The lowest BCUT2D eigenvalue weighted by Crippen LogP contribution is -2.41. The number of imidazole rings is 1. The average molecular weight is 477 g/mol. The molecule has 184 valence electrons. The summed E-state index contributed by atoms with van der Waals surface area (Å²) in [6, 6.07) is 9.07. The minimum Gasteiger partial charge on any atom is -0.338 e. The summed E-state index contributed by atoms with van der Waals surface area (Å²) in [5, 5.41) is 0. The van der Waals surface area contributed by atoms with E-state index in [1.807, 2.05) is 24.5 Å². The van der Waals surface area contributed by atoms with Gasteiger partial charge in [0.05, 0.1) is 6.54 Å². The number of aromatic nitrogens is 4. The molecule has 2 saturated heterocycles. The molecular formula is C26H32N6O3. The van der Waals surface area contributed by atoms with Crippen LogP contribution in [-0.2, 0) is 20.1 Å². The Bertz CT molecular complexity index is 1430. The number of nitrogens with zero attached hydrogens (tertiary/aromatic N) is 6. The van der Waals surface area contributed by atoms with E-state index in [4.69, 9.17) is 4.98 Å². The fourth-order valence-corrected chi connectivity index (χ4v) is 5.45. The number of hydrogen-bond acceptors (Lipinski definition) is 6. The Balaban J connectivity index is 1.66. The van der Waals surface area contributed by atoms with Crippen LogP contribution in [0.25, 0.3) is 11.2 Å². The minimum absolute atomic E-state index is 0.281. The molecule has 35 heavy (non-hydrogen) atoms. The van der Waals surface area contributed by atoms with Crippen molar-refractivity contribution < 1.29 is 4.79 Å². The zero-order valence-electron chi connectivity index (χ0n) is 20.8. The topological polar surface area (TPSA) is 85.4 Å². The third kappa shape index (κ3) is 4.03. The van der Waals surface area contributed by atoms with Crippen LogP contribution in [0.15, 0.2) is 51.6 Å². The van der Waals surface area contributed by atoms with Gasteiger partial charge in [-0.1, -0.05) is 42.0 Å². The van der Waals surface area contributed by atoms with Crippen molar-refractivity contribution in [2.45, 2.75) is 39.4 Å². The molecule has 2 atom stereocenters. The SMILES string of the molecule is CC(C)=CCn1c(N2CC[C@@H]3CN(C)C[C@@H]32)nc2c1c(=O)n(CC(=O)c1ccccc1)c(=O)n2C. The van der Waals surface area contributed by atoms with Crippen LogP contribution in [0.2, 0.25) is 0 Å². The molecule has 0 radical (unpaired) electrons. The number of benzene rings is 1. The van der Waals surface area contributed by atoms with Crippen LogP contribution in [0, 0.1) is 5.92 Å². The fourth-order valence-electron chi connectivity index (χ4n) is 5.45. The first-order chi connectivity index (χ1) is 16.8. The van der Waals surface area contributed by atoms with Gasteiger partial charge in [0.15, 0.2) is 16.9 Å². The maximum Gasteiger partial charge on any atom is 0.332 e. The summed E-state index contributed by atoms with van der Waals surface area (Å²) in [7, 11) is 3.75. The van der Waals surface area contributed by atoms with E-state index in [0.29, 0.717) is 35.2 Å². The van der Waals surface area contributed by atoms with E-state index in [0.717, 1.165) is 42.1 Å². The maximum atomic E-state index is 13.7. The molecule has 9 heteroatoms. The molecule has 0 bridgehead atoms. The van der Waals surface area contributed by atoms with Crippen LogP contribution >= 0.6 is 0 Å². The molecule has 4 heterocycles. The number of carbonyl (C=O) groups excluding carboxylic acids is 1. The third-order valence-electron chi connectivity index (χ3n) is 7.28. The zero-order chi connectivity index (χ0) is 24.9. The van der Waals surface area contributed by atoms with E-state index in [2.05, 4.69) is 22.9 Å². The molecule has 2 fully saturated rings. The molecular weight excluding hydrogens is 444 g/mol.